The van der Waals surface area contributed by atoms with Crippen LogP contribution in [0.1, 0.15) is 17.5 Å². The number of hydrogen-bond acceptors (Lipinski definition) is 8. The summed E-state index contributed by atoms with van der Waals surface area (Å²) >= 11 is 1.42. The molecule has 5 rings (SSSR count). The van der Waals surface area contributed by atoms with Crippen LogP contribution >= 0.6 is 11.8 Å². The highest BCUT2D eigenvalue weighted by atomic mass is 32.2. The van der Waals surface area contributed by atoms with E-state index >= 15 is 0 Å². The van der Waals surface area contributed by atoms with Crippen molar-refractivity contribution < 1.29 is 8.78 Å². The van der Waals surface area contributed by atoms with Crippen molar-refractivity contribution in [1.82, 2.24) is 15.0 Å². The van der Waals surface area contributed by atoms with Crippen molar-refractivity contribution in [3.05, 3.63) is 53.7 Å². The summed E-state index contributed by atoms with van der Waals surface area (Å²) in [6.45, 7) is -0.829. The number of anilines is 2. The van der Waals surface area contributed by atoms with E-state index in [1.807, 2.05) is 6.07 Å². The molecule has 0 radical (unpaired) electrons. The van der Waals surface area contributed by atoms with Crippen LogP contribution in [-0.4, -0.2) is 32.0 Å². The quantitative estimate of drug-likeness (QED) is 0.661. The van der Waals surface area contributed by atoms with E-state index in [0.29, 0.717) is 28.1 Å². The van der Waals surface area contributed by atoms with Gasteiger partial charge in [-0.25, -0.2) is 28.7 Å². The molecule has 3 heterocycles. The molecule has 3 atom stereocenters. The van der Waals surface area contributed by atoms with E-state index in [9.17, 15) is 8.78 Å². The molecular weight excluding hydrogens is 408 g/mol. The zero-order valence-electron chi connectivity index (χ0n) is 15.5. The average molecular weight is 423 g/mol. The van der Waals surface area contributed by atoms with Gasteiger partial charge in [-0.3, -0.25) is 0 Å². The largest absolute Gasteiger partial charge is 0.379 e. The molecule has 10 heteroatoms. The van der Waals surface area contributed by atoms with Gasteiger partial charge < -0.3 is 11.1 Å². The Morgan fingerprint density at radius 2 is 2.17 bits per heavy atom. The number of aliphatic imine (C=N–C) groups is 1. The lowest BCUT2D eigenvalue weighted by Gasteiger charge is -2.31. The lowest BCUT2D eigenvalue weighted by Crippen LogP contribution is -2.36. The van der Waals surface area contributed by atoms with Crippen molar-refractivity contribution in [3.8, 4) is 6.07 Å². The number of nitrogens with two attached hydrogens (primary N) is 1. The number of nitrogens with zero attached hydrogens (tertiary/aromatic N) is 5. The Labute approximate surface area is 174 Å². The van der Waals surface area contributed by atoms with Crippen molar-refractivity contribution in [3.63, 3.8) is 0 Å². The molecule has 150 valence electrons. The summed E-state index contributed by atoms with van der Waals surface area (Å²) in [7, 11) is 0. The molecule has 30 heavy (non-hydrogen) atoms. The van der Waals surface area contributed by atoms with E-state index < -0.39 is 18.0 Å². The van der Waals surface area contributed by atoms with Crippen LogP contribution in [0.25, 0.3) is 11.0 Å². The smallest absolute Gasteiger partial charge is 0.160 e. The molecule has 0 spiro atoms. The summed E-state index contributed by atoms with van der Waals surface area (Å²) < 4.78 is 29.1. The highest BCUT2D eigenvalue weighted by Gasteiger charge is 2.58. The number of benzene rings is 1. The second-order valence-corrected chi connectivity index (χ2v) is 8.51. The van der Waals surface area contributed by atoms with E-state index in [-0.39, 0.29) is 21.9 Å². The van der Waals surface area contributed by atoms with Crippen LogP contribution in [0.2, 0.25) is 0 Å². The molecule has 1 fully saturated rings. The molecule has 3 aromatic rings. The SMILES string of the molecule is N#Cc1cnc2c(Nc3ccc(F)c([C@@]4(CF)N=C(N)SC5CC54)c3)ncnc2c1. The van der Waals surface area contributed by atoms with Crippen LogP contribution in [0.15, 0.2) is 41.8 Å². The van der Waals surface area contributed by atoms with E-state index in [2.05, 4.69) is 25.3 Å². The summed E-state index contributed by atoms with van der Waals surface area (Å²) in [4.78, 5) is 16.9. The van der Waals surface area contributed by atoms with Gasteiger partial charge in [0.1, 0.15) is 35.9 Å². The predicted octanol–water partition coefficient (Wildman–Crippen LogP) is 3.39. The van der Waals surface area contributed by atoms with E-state index in [4.69, 9.17) is 11.0 Å². The fourth-order valence-electron chi connectivity index (χ4n) is 3.89. The van der Waals surface area contributed by atoms with Gasteiger partial charge in [-0.2, -0.15) is 5.26 Å². The van der Waals surface area contributed by atoms with E-state index in [1.165, 1.54) is 36.4 Å². The third-order valence-corrected chi connectivity index (χ3v) is 6.59. The fourth-order valence-corrected chi connectivity index (χ4v) is 5.11. The van der Waals surface area contributed by atoms with E-state index in [1.54, 1.807) is 12.1 Å². The number of aromatic nitrogens is 3. The van der Waals surface area contributed by atoms with Gasteiger partial charge in [0.05, 0.1) is 11.1 Å². The van der Waals surface area contributed by atoms with Crippen molar-refractivity contribution in [2.24, 2.45) is 16.6 Å². The van der Waals surface area contributed by atoms with Crippen LogP contribution in [-0.2, 0) is 5.54 Å². The Kier molecular flexibility index (Phi) is 4.29. The first-order chi connectivity index (χ1) is 14.5. The molecule has 7 nitrogen and oxygen atoms in total. The molecule has 1 aromatic carbocycles. The first-order valence-corrected chi connectivity index (χ1v) is 10.1. The highest BCUT2D eigenvalue weighted by molar-refractivity contribution is 8.14. The number of pyridine rings is 1. The number of rotatable bonds is 4. The van der Waals surface area contributed by atoms with Crippen LogP contribution < -0.4 is 11.1 Å². The van der Waals surface area contributed by atoms with Gasteiger partial charge in [0.15, 0.2) is 11.0 Å². The Balaban J connectivity index is 1.56. The van der Waals surface area contributed by atoms with Gasteiger partial charge in [0, 0.05) is 28.6 Å². The third kappa shape index (κ3) is 2.93. The van der Waals surface area contributed by atoms with Crippen molar-refractivity contribution >= 4 is 39.5 Å². The number of thioether (sulfide) groups is 1. The summed E-state index contributed by atoms with van der Waals surface area (Å²) in [6.07, 6.45) is 3.52. The molecular formula is C20H15F2N7S. The highest BCUT2D eigenvalue weighted by Crippen LogP contribution is 2.58. The standard InChI is InChI=1S/C20H15F2N7S/c21-8-20(13-5-16(13)30-19(24)29-20)12-4-11(1-2-14(12)22)28-18-17-15(26-9-27-18)3-10(6-23)7-25-17/h1-4,7,9,13,16H,5,8H2,(H2,24,29)(H,26,27,28)/t13?,16?,20-/m1/s1. The first kappa shape index (κ1) is 18.7. The Morgan fingerprint density at radius 3 is 2.97 bits per heavy atom. The normalized spacial score (nSPS) is 24.6. The van der Waals surface area contributed by atoms with Crippen molar-refractivity contribution in [1.29, 1.82) is 5.26 Å². The molecule has 0 bridgehead atoms. The maximum atomic E-state index is 14.8. The Bertz CT molecular complexity index is 1240. The Hall–Kier alpha value is -3.32. The van der Waals surface area contributed by atoms with Crippen molar-refractivity contribution in [2.75, 3.05) is 12.0 Å². The van der Waals surface area contributed by atoms with Gasteiger partial charge in [0.25, 0.3) is 0 Å². The summed E-state index contributed by atoms with van der Waals surface area (Å²) in [5.74, 6) is -0.227. The molecule has 3 N–H and O–H groups in total. The molecule has 1 aliphatic carbocycles. The molecule has 2 aromatic heterocycles. The molecule has 0 saturated heterocycles. The Morgan fingerprint density at radius 1 is 1.30 bits per heavy atom. The van der Waals surface area contributed by atoms with Crippen LogP contribution in [0.5, 0.6) is 0 Å². The van der Waals surface area contributed by atoms with Crippen LogP contribution in [0, 0.1) is 23.1 Å². The number of nitrogens with one attached hydrogen (secondary N) is 1. The van der Waals surface area contributed by atoms with Crippen molar-refractivity contribution in [2.45, 2.75) is 17.2 Å². The zero-order chi connectivity index (χ0) is 20.9. The van der Waals surface area contributed by atoms with Gasteiger partial charge in [0.2, 0.25) is 0 Å². The topological polar surface area (TPSA) is 113 Å². The van der Waals surface area contributed by atoms with Crippen LogP contribution in [0.3, 0.4) is 0 Å². The fraction of sp³-hybridized carbons (Fsp3) is 0.250. The van der Waals surface area contributed by atoms with Crippen LogP contribution in [0.4, 0.5) is 20.3 Å². The minimum absolute atomic E-state index is 0.0875. The molecule has 2 unspecified atom stereocenters. The summed E-state index contributed by atoms with van der Waals surface area (Å²) in [6, 6.07) is 7.99. The zero-order valence-corrected chi connectivity index (χ0v) is 16.3. The third-order valence-electron chi connectivity index (χ3n) is 5.43. The number of amidine groups is 1. The van der Waals surface area contributed by atoms with E-state index in [0.717, 1.165) is 6.42 Å². The molecule has 1 saturated carbocycles. The van der Waals surface area contributed by atoms with Gasteiger partial charge in [-0.15, -0.1) is 0 Å². The van der Waals surface area contributed by atoms with Gasteiger partial charge in [-0.05, 0) is 30.7 Å². The minimum Gasteiger partial charge on any atom is -0.379 e. The minimum atomic E-state index is -1.31. The molecule has 0 amide bonds. The predicted molar refractivity (Wildman–Crippen MR) is 110 cm³/mol. The number of nitriles is 1. The number of halogens is 2. The number of hydrogen-bond donors (Lipinski definition) is 2. The molecule has 1 aliphatic heterocycles. The summed E-state index contributed by atoms with van der Waals surface area (Å²) in [5, 5.41) is 12.6. The number of fused-ring (bicyclic) bond motifs is 2. The maximum Gasteiger partial charge on any atom is 0.160 e. The lowest BCUT2D eigenvalue weighted by atomic mass is 9.86. The molecule has 2 aliphatic rings. The second kappa shape index (κ2) is 6.88. The van der Waals surface area contributed by atoms with Gasteiger partial charge >= 0.3 is 0 Å². The monoisotopic (exact) mass is 423 g/mol. The first-order valence-electron chi connectivity index (χ1n) is 9.20. The maximum absolute atomic E-state index is 14.8. The number of alkyl halides is 1. The van der Waals surface area contributed by atoms with Gasteiger partial charge in [-0.1, -0.05) is 11.8 Å². The second-order valence-electron chi connectivity index (χ2n) is 7.25. The summed E-state index contributed by atoms with van der Waals surface area (Å²) in [5.41, 5.74) is 6.60. The average Bonchev–Trinajstić information content (AvgIpc) is 3.54. The lowest BCUT2D eigenvalue weighted by molar-refractivity contribution is 0.272.